The molecule has 1 aromatic rings. The lowest BCUT2D eigenvalue weighted by molar-refractivity contribution is -0.143. The summed E-state index contributed by atoms with van der Waals surface area (Å²) in [4.78, 5) is 11.2. The SMILES string of the molecule is CCOC(=O)CCCNC1CC(c2ccccc2)C1. The molecule has 1 N–H and O–H groups in total. The average Bonchev–Trinajstić information content (AvgIpc) is 2.37. The van der Waals surface area contributed by atoms with Crippen LogP contribution in [0, 0.1) is 0 Å². The van der Waals surface area contributed by atoms with E-state index >= 15 is 0 Å². The van der Waals surface area contributed by atoms with E-state index in [4.69, 9.17) is 4.74 Å². The molecule has 0 aromatic heterocycles. The molecule has 0 atom stereocenters. The molecule has 104 valence electrons. The fourth-order valence-corrected chi connectivity index (χ4v) is 2.55. The minimum absolute atomic E-state index is 0.0833. The van der Waals surface area contributed by atoms with Crippen LogP contribution in [0.5, 0.6) is 0 Å². The van der Waals surface area contributed by atoms with Crippen LogP contribution in [0.15, 0.2) is 30.3 Å². The van der Waals surface area contributed by atoms with Gasteiger partial charge in [0, 0.05) is 12.5 Å². The monoisotopic (exact) mass is 261 g/mol. The zero-order valence-electron chi connectivity index (χ0n) is 11.6. The summed E-state index contributed by atoms with van der Waals surface area (Å²) in [5.41, 5.74) is 1.45. The summed E-state index contributed by atoms with van der Waals surface area (Å²) in [5.74, 6) is 0.629. The molecule has 3 heteroatoms. The zero-order chi connectivity index (χ0) is 13.5. The maximum Gasteiger partial charge on any atom is 0.305 e. The number of hydrogen-bond acceptors (Lipinski definition) is 3. The first-order valence-corrected chi connectivity index (χ1v) is 7.23. The largest absolute Gasteiger partial charge is 0.466 e. The Morgan fingerprint density at radius 1 is 1.32 bits per heavy atom. The van der Waals surface area contributed by atoms with Gasteiger partial charge in [0.25, 0.3) is 0 Å². The lowest BCUT2D eigenvalue weighted by atomic mass is 9.76. The summed E-state index contributed by atoms with van der Waals surface area (Å²) in [6.45, 7) is 3.23. The van der Waals surface area contributed by atoms with Crippen molar-refractivity contribution in [1.29, 1.82) is 0 Å². The van der Waals surface area contributed by atoms with E-state index in [-0.39, 0.29) is 5.97 Å². The molecule has 0 saturated heterocycles. The van der Waals surface area contributed by atoms with Gasteiger partial charge in [0.15, 0.2) is 0 Å². The van der Waals surface area contributed by atoms with Crippen molar-refractivity contribution in [3.05, 3.63) is 35.9 Å². The van der Waals surface area contributed by atoms with Crippen LogP contribution >= 0.6 is 0 Å². The van der Waals surface area contributed by atoms with E-state index in [0.717, 1.165) is 13.0 Å². The molecule has 19 heavy (non-hydrogen) atoms. The molecule has 1 aliphatic carbocycles. The first-order chi connectivity index (χ1) is 9.29. The summed E-state index contributed by atoms with van der Waals surface area (Å²) in [7, 11) is 0. The van der Waals surface area contributed by atoms with Gasteiger partial charge in [0.1, 0.15) is 0 Å². The lowest BCUT2D eigenvalue weighted by Crippen LogP contribution is -2.40. The van der Waals surface area contributed by atoms with Crippen molar-refractivity contribution in [2.45, 2.75) is 44.6 Å². The third kappa shape index (κ3) is 4.35. The third-order valence-electron chi connectivity index (χ3n) is 3.71. The Balaban J connectivity index is 1.55. The Kier molecular flexibility index (Phi) is 5.40. The zero-order valence-corrected chi connectivity index (χ0v) is 11.6. The number of carbonyl (C=O) groups excluding carboxylic acids is 1. The van der Waals surface area contributed by atoms with Crippen molar-refractivity contribution < 1.29 is 9.53 Å². The molecule has 1 aliphatic rings. The number of benzene rings is 1. The van der Waals surface area contributed by atoms with Crippen LogP contribution in [-0.2, 0) is 9.53 Å². The molecule has 1 fully saturated rings. The second-order valence-corrected chi connectivity index (χ2v) is 5.14. The van der Waals surface area contributed by atoms with Gasteiger partial charge in [-0.2, -0.15) is 0 Å². The number of ether oxygens (including phenoxy) is 1. The van der Waals surface area contributed by atoms with Gasteiger partial charge in [-0.1, -0.05) is 30.3 Å². The average molecular weight is 261 g/mol. The van der Waals surface area contributed by atoms with Gasteiger partial charge in [-0.15, -0.1) is 0 Å². The van der Waals surface area contributed by atoms with Crippen LogP contribution in [0.3, 0.4) is 0 Å². The molecule has 0 bridgehead atoms. The van der Waals surface area contributed by atoms with Crippen molar-refractivity contribution in [2.24, 2.45) is 0 Å². The van der Waals surface area contributed by atoms with Gasteiger partial charge >= 0.3 is 5.97 Å². The number of esters is 1. The maximum absolute atomic E-state index is 11.2. The molecule has 0 radical (unpaired) electrons. The van der Waals surface area contributed by atoms with Gasteiger partial charge in [-0.25, -0.2) is 0 Å². The van der Waals surface area contributed by atoms with Crippen molar-refractivity contribution in [3.8, 4) is 0 Å². The summed E-state index contributed by atoms with van der Waals surface area (Å²) < 4.78 is 4.90. The summed E-state index contributed by atoms with van der Waals surface area (Å²) in [6, 6.07) is 11.3. The Labute approximate surface area is 115 Å². The van der Waals surface area contributed by atoms with E-state index in [1.807, 2.05) is 6.92 Å². The molecular weight excluding hydrogens is 238 g/mol. The van der Waals surface area contributed by atoms with E-state index in [9.17, 15) is 4.79 Å². The predicted octanol–water partition coefficient (Wildman–Crippen LogP) is 2.87. The first kappa shape index (κ1) is 14.1. The van der Waals surface area contributed by atoms with Gasteiger partial charge < -0.3 is 10.1 Å². The molecule has 1 saturated carbocycles. The normalized spacial score (nSPS) is 21.7. The van der Waals surface area contributed by atoms with Crippen LogP contribution in [0.25, 0.3) is 0 Å². The first-order valence-electron chi connectivity index (χ1n) is 7.23. The fourth-order valence-electron chi connectivity index (χ4n) is 2.55. The fraction of sp³-hybridized carbons (Fsp3) is 0.562. The van der Waals surface area contributed by atoms with Crippen LogP contribution in [0.1, 0.15) is 44.1 Å². The highest BCUT2D eigenvalue weighted by atomic mass is 16.5. The van der Waals surface area contributed by atoms with Gasteiger partial charge in [0.05, 0.1) is 6.61 Å². The van der Waals surface area contributed by atoms with Crippen LogP contribution < -0.4 is 5.32 Å². The maximum atomic E-state index is 11.2. The van der Waals surface area contributed by atoms with E-state index in [2.05, 4.69) is 35.6 Å². The van der Waals surface area contributed by atoms with E-state index in [1.54, 1.807) is 0 Å². The minimum atomic E-state index is -0.0833. The molecule has 0 unspecified atom stereocenters. The number of nitrogens with one attached hydrogen (secondary N) is 1. The van der Waals surface area contributed by atoms with Crippen LogP contribution in [0.4, 0.5) is 0 Å². The molecule has 0 amide bonds. The van der Waals surface area contributed by atoms with Crippen molar-refractivity contribution >= 4 is 5.97 Å². The molecule has 0 aliphatic heterocycles. The quantitative estimate of drug-likeness (QED) is 0.606. The lowest BCUT2D eigenvalue weighted by Gasteiger charge is -2.36. The number of rotatable bonds is 7. The molecule has 2 rings (SSSR count). The summed E-state index contributed by atoms with van der Waals surface area (Å²) in [6.07, 6.45) is 3.81. The van der Waals surface area contributed by atoms with E-state index in [0.29, 0.717) is 25.0 Å². The van der Waals surface area contributed by atoms with Crippen molar-refractivity contribution in [1.82, 2.24) is 5.32 Å². The van der Waals surface area contributed by atoms with Crippen LogP contribution in [0.2, 0.25) is 0 Å². The predicted molar refractivity (Wildman–Crippen MR) is 76.1 cm³/mol. The summed E-state index contributed by atoms with van der Waals surface area (Å²) in [5, 5.41) is 3.51. The van der Waals surface area contributed by atoms with Crippen molar-refractivity contribution in [3.63, 3.8) is 0 Å². The molecule has 3 nitrogen and oxygen atoms in total. The Morgan fingerprint density at radius 3 is 2.74 bits per heavy atom. The molecule has 1 aromatic carbocycles. The third-order valence-corrected chi connectivity index (χ3v) is 3.71. The minimum Gasteiger partial charge on any atom is -0.466 e. The van der Waals surface area contributed by atoms with Gasteiger partial charge in [0.2, 0.25) is 0 Å². The van der Waals surface area contributed by atoms with Gasteiger partial charge in [-0.3, -0.25) is 4.79 Å². The van der Waals surface area contributed by atoms with Crippen LogP contribution in [-0.4, -0.2) is 25.2 Å². The van der Waals surface area contributed by atoms with E-state index < -0.39 is 0 Å². The van der Waals surface area contributed by atoms with E-state index in [1.165, 1.54) is 18.4 Å². The molecule has 0 heterocycles. The Bertz CT molecular complexity index is 385. The standard InChI is InChI=1S/C16H23NO2/c1-2-19-16(18)9-6-10-17-15-11-14(12-15)13-7-4-3-5-8-13/h3-5,7-8,14-15,17H,2,6,9-12H2,1H3. The smallest absolute Gasteiger partial charge is 0.305 e. The molecule has 0 spiro atoms. The topological polar surface area (TPSA) is 38.3 Å². The van der Waals surface area contributed by atoms with Crippen molar-refractivity contribution in [2.75, 3.05) is 13.2 Å². The summed E-state index contributed by atoms with van der Waals surface area (Å²) >= 11 is 0. The highest BCUT2D eigenvalue weighted by molar-refractivity contribution is 5.69. The molecular formula is C16H23NO2. The van der Waals surface area contributed by atoms with Gasteiger partial charge in [-0.05, 0) is 44.2 Å². The second kappa shape index (κ2) is 7.29. The number of carbonyl (C=O) groups is 1. The Morgan fingerprint density at radius 2 is 2.05 bits per heavy atom. The highest BCUT2D eigenvalue weighted by Gasteiger charge is 2.29. The number of hydrogen-bond donors (Lipinski definition) is 1. The highest BCUT2D eigenvalue weighted by Crippen LogP contribution is 2.36. The Hall–Kier alpha value is -1.35. The second-order valence-electron chi connectivity index (χ2n) is 5.14.